The number of hydrogen-bond acceptors (Lipinski definition) is 8. The number of phosphoric ester groups is 1. The summed E-state index contributed by atoms with van der Waals surface area (Å²) in [7, 11) is -9.41. The van der Waals surface area contributed by atoms with Crippen molar-refractivity contribution in [3.05, 3.63) is 60.2 Å². The van der Waals surface area contributed by atoms with E-state index < -0.39 is 42.2 Å². The molecule has 0 bridgehead atoms. The zero-order chi connectivity index (χ0) is 28.8. The number of nitrogens with two attached hydrogens (primary N) is 1. The molecule has 3 rings (SSSR count). The molecule has 2 aromatic carbocycles. The molecule has 2 aromatic rings. The molecule has 0 spiro atoms. The number of hydrazine groups is 1. The number of rotatable bonds is 12. The van der Waals surface area contributed by atoms with Crippen molar-refractivity contribution in [1.29, 1.82) is 0 Å². The molecular weight excluding hydrogens is 549 g/mol. The van der Waals surface area contributed by atoms with Gasteiger partial charge in [0.15, 0.2) is 0 Å². The summed E-state index contributed by atoms with van der Waals surface area (Å²) < 4.78 is 56.8. The van der Waals surface area contributed by atoms with Crippen LogP contribution in [0.4, 0.5) is 10.5 Å². The zero-order valence-corrected chi connectivity index (χ0v) is 23.8. The molecule has 14 heteroatoms. The van der Waals surface area contributed by atoms with Gasteiger partial charge in [0, 0.05) is 18.7 Å². The Balaban J connectivity index is 2.17. The molecule has 1 heterocycles. The molecule has 216 valence electrons. The van der Waals surface area contributed by atoms with Crippen molar-refractivity contribution < 1.29 is 41.6 Å². The Bertz CT molecular complexity index is 1230. The summed E-state index contributed by atoms with van der Waals surface area (Å²) in [6.45, 7) is 5.31. The first-order chi connectivity index (χ1) is 18.3. The molecule has 3 atom stereocenters. The molecule has 4 N–H and O–H groups in total. The van der Waals surface area contributed by atoms with Gasteiger partial charge < -0.3 is 25.0 Å². The fourth-order valence-corrected chi connectivity index (χ4v) is 6.37. The monoisotopic (exact) mass is 585 g/mol. The normalized spacial score (nSPS) is 17.8. The third-order valence-electron chi connectivity index (χ3n) is 6.01. The van der Waals surface area contributed by atoms with E-state index in [0.717, 1.165) is 9.42 Å². The topological polar surface area (TPSA) is 169 Å². The van der Waals surface area contributed by atoms with Crippen molar-refractivity contribution in [2.75, 3.05) is 25.5 Å². The van der Waals surface area contributed by atoms with Crippen molar-refractivity contribution in [3.63, 3.8) is 0 Å². The summed E-state index contributed by atoms with van der Waals surface area (Å²) >= 11 is 0. The highest BCUT2D eigenvalue weighted by atomic mass is 32.2. The standard InChI is InChI=1S/C25H36N3O9PS/c1-18(2)16-27(39(33,34)23-11-9-21(26)10-12-23)28(25(29)36-22-13-14-35-17-22)24(19(3)37-38(30,31)32)15-20-7-5-4-6-8-20/h4-12,18-19,22,24H,13-17,26H2,1-3H3,(H2,30,31,32)/t19-,22?,24+/m1/s1. The Labute approximate surface area is 228 Å². The van der Waals surface area contributed by atoms with Crippen LogP contribution in [-0.2, 0) is 35.0 Å². The quantitative estimate of drug-likeness (QED) is 0.191. The predicted molar refractivity (Wildman–Crippen MR) is 144 cm³/mol. The van der Waals surface area contributed by atoms with Crippen molar-refractivity contribution in [3.8, 4) is 0 Å². The Morgan fingerprint density at radius 3 is 2.31 bits per heavy atom. The van der Waals surface area contributed by atoms with Crippen molar-refractivity contribution in [2.24, 2.45) is 5.92 Å². The third-order valence-corrected chi connectivity index (χ3v) is 8.36. The van der Waals surface area contributed by atoms with E-state index >= 15 is 0 Å². The van der Waals surface area contributed by atoms with Crippen LogP contribution < -0.4 is 5.73 Å². The number of carbonyl (C=O) groups excluding carboxylic acids is 1. The van der Waals surface area contributed by atoms with Crippen LogP contribution in [0.15, 0.2) is 59.5 Å². The molecule has 1 saturated heterocycles. The van der Waals surface area contributed by atoms with E-state index in [1.165, 1.54) is 31.2 Å². The van der Waals surface area contributed by atoms with E-state index in [0.29, 0.717) is 24.3 Å². The molecule has 0 aromatic heterocycles. The summed E-state index contributed by atoms with van der Waals surface area (Å²) in [6.07, 6.45) is -2.51. The van der Waals surface area contributed by atoms with Crippen LogP contribution in [0.3, 0.4) is 0 Å². The predicted octanol–water partition coefficient (Wildman–Crippen LogP) is 3.17. The summed E-state index contributed by atoms with van der Waals surface area (Å²) in [6, 6.07) is 13.1. The molecule has 12 nitrogen and oxygen atoms in total. The number of nitrogen functional groups attached to an aromatic ring is 1. The van der Waals surface area contributed by atoms with Gasteiger partial charge in [-0.2, -0.15) is 0 Å². The van der Waals surface area contributed by atoms with Crippen LogP contribution in [0.25, 0.3) is 0 Å². The molecule has 0 radical (unpaired) electrons. The highest BCUT2D eigenvalue weighted by molar-refractivity contribution is 7.89. The number of ether oxygens (including phenoxy) is 2. The Kier molecular flexibility index (Phi) is 10.5. The minimum absolute atomic E-state index is 0.00409. The minimum Gasteiger partial charge on any atom is -0.443 e. The lowest BCUT2D eigenvalue weighted by atomic mass is 10.0. The molecular formula is C25H36N3O9PS. The van der Waals surface area contributed by atoms with Crippen LogP contribution in [0.5, 0.6) is 0 Å². The van der Waals surface area contributed by atoms with Gasteiger partial charge in [0.25, 0.3) is 10.0 Å². The van der Waals surface area contributed by atoms with E-state index in [1.807, 2.05) is 0 Å². The number of phosphoric acid groups is 1. The van der Waals surface area contributed by atoms with E-state index in [2.05, 4.69) is 0 Å². The van der Waals surface area contributed by atoms with Crippen molar-refractivity contribution in [1.82, 2.24) is 9.42 Å². The van der Waals surface area contributed by atoms with Crippen LogP contribution >= 0.6 is 7.82 Å². The SMILES string of the molecule is CC(C)CN(N(C(=O)OC1CCOC1)[C@@H](Cc1ccccc1)[C@@H](C)OP(=O)(O)O)S(=O)(=O)c1ccc(N)cc1. The van der Waals surface area contributed by atoms with Gasteiger partial charge >= 0.3 is 13.9 Å². The average molecular weight is 586 g/mol. The Hall–Kier alpha value is -2.51. The van der Waals surface area contributed by atoms with Gasteiger partial charge in [-0.3, -0.25) is 4.52 Å². The highest BCUT2D eigenvalue weighted by Gasteiger charge is 2.43. The van der Waals surface area contributed by atoms with Gasteiger partial charge in [-0.15, -0.1) is 4.41 Å². The van der Waals surface area contributed by atoms with Crippen LogP contribution in [-0.4, -0.2) is 71.7 Å². The largest absolute Gasteiger partial charge is 0.469 e. The number of benzene rings is 2. The molecule has 1 aliphatic rings. The third kappa shape index (κ3) is 8.74. The maximum Gasteiger partial charge on any atom is 0.469 e. The molecule has 1 unspecified atom stereocenters. The fourth-order valence-electron chi connectivity index (χ4n) is 4.16. The molecule has 1 amide bonds. The van der Waals surface area contributed by atoms with E-state index in [9.17, 15) is 27.6 Å². The lowest BCUT2D eigenvalue weighted by Crippen LogP contribution is -2.59. The van der Waals surface area contributed by atoms with Crippen molar-refractivity contribution in [2.45, 2.75) is 56.8 Å². The van der Waals surface area contributed by atoms with Gasteiger partial charge in [0.2, 0.25) is 0 Å². The van der Waals surface area contributed by atoms with Gasteiger partial charge in [-0.25, -0.2) is 22.8 Å². The second kappa shape index (κ2) is 13.2. The number of nitrogens with zero attached hydrogens (tertiary/aromatic N) is 2. The number of hydrogen-bond donors (Lipinski definition) is 3. The minimum atomic E-state index is -5.02. The van der Waals surface area contributed by atoms with E-state index in [-0.39, 0.29) is 30.4 Å². The first-order valence-electron chi connectivity index (χ1n) is 12.5. The highest BCUT2D eigenvalue weighted by Crippen LogP contribution is 2.40. The zero-order valence-electron chi connectivity index (χ0n) is 22.1. The van der Waals surface area contributed by atoms with Gasteiger partial charge in [0.1, 0.15) is 6.10 Å². The lowest BCUT2D eigenvalue weighted by Gasteiger charge is -2.41. The first kappa shape index (κ1) is 31.0. The molecule has 0 saturated carbocycles. The summed E-state index contributed by atoms with van der Waals surface area (Å²) in [5.74, 6) is -0.256. The molecule has 1 fully saturated rings. The second-order valence-corrected chi connectivity index (χ2v) is 12.8. The second-order valence-electron chi connectivity index (χ2n) is 9.74. The van der Waals surface area contributed by atoms with E-state index in [4.69, 9.17) is 19.7 Å². The molecule has 1 aliphatic heterocycles. The van der Waals surface area contributed by atoms with Gasteiger partial charge in [-0.05, 0) is 49.1 Å². The molecule has 0 aliphatic carbocycles. The van der Waals surface area contributed by atoms with Gasteiger partial charge in [0.05, 0.1) is 30.3 Å². The maximum atomic E-state index is 14.0. The van der Waals surface area contributed by atoms with Crippen LogP contribution in [0.2, 0.25) is 0 Å². The Morgan fingerprint density at radius 2 is 1.77 bits per heavy atom. The number of amides is 1. The number of anilines is 1. The summed E-state index contributed by atoms with van der Waals surface area (Å²) in [4.78, 5) is 32.9. The maximum absolute atomic E-state index is 14.0. The van der Waals surface area contributed by atoms with Crippen LogP contribution in [0.1, 0.15) is 32.8 Å². The average Bonchev–Trinajstić information content (AvgIpc) is 3.35. The first-order valence-corrected chi connectivity index (χ1v) is 15.5. The lowest BCUT2D eigenvalue weighted by molar-refractivity contribution is -0.0485. The fraction of sp³-hybridized carbons (Fsp3) is 0.480. The number of carbonyl (C=O) groups is 1. The summed E-state index contributed by atoms with van der Waals surface area (Å²) in [5.41, 5.74) is 6.80. The molecule has 39 heavy (non-hydrogen) atoms. The van der Waals surface area contributed by atoms with E-state index in [1.54, 1.807) is 44.2 Å². The van der Waals surface area contributed by atoms with Crippen LogP contribution in [0, 0.1) is 5.92 Å². The summed E-state index contributed by atoms with van der Waals surface area (Å²) in [5, 5.41) is 0.914. The Morgan fingerprint density at radius 1 is 1.13 bits per heavy atom. The number of sulfonamides is 1. The van der Waals surface area contributed by atoms with Crippen molar-refractivity contribution >= 4 is 29.6 Å². The smallest absolute Gasteiger partial charge is 0.443 e. The van der Waals surface area contributed by atoms with Gasteiger partial charge in [-0.1, -0.05) is 44.2 Å².